The predicted molar refractivity (Wildman–Crippen MR) is 73.4 cm³/mol. The summed E-state index contributed by atoms with van der Waals surface area (Å²) in [4.78, 5) is 0.342. The fourth-order valence-electron chi connectivity index (χ4n) is 2.19. The van der Waals surface area contributed by atoms with Crippen LogP contribution in [0.1, 0.15) is 12.0 Å². The Morgan fingerprint density at radius 3 is 2.89 bits per heavy atom. The van der Waals surface area contributed by atoms with E-state index >= 15 is 0 Å². The maximum absolute atomic E-state index is 12.5. The van der Waals surface area contributed by atoms with Gasteiger partial charge in [0.05, 0.1) is 17.5 Å². The van der Waals surface area contributed by atoms with Crippen LogP contribution in [0.25, 0.3) is 0 Å². The number of sulfonamides is 1. The summed E-state index contributed by atoms with van der Waals surface area (Å²) in [6, 6.07) is 6.99. The van der Waals surface area contributed by atoms with E-state index in [4.69, 9.17) is 4.74 Å². The lowest BCUT2D eigenvalue weighted by Crippen LogP contribution is -2.37. The van der Waals surface area contributed by atoms with E-state index in [0.29, 0.717) is 24.7 Å². The first-order chi connectivity index (χ1) is 9.05. The molecule has 0 aromatic heterocycles. The van der Waals surface area contributed by atoms with Crippen molar-refractivity contribution >= 4 is 10.0 Å². The molecule has 6 heteroatoms. The second-order valence-electron chi connectivity index (χ2n) is 4.72. The SMILES string of the molecule is CNCc1cccc(S(=O)(=O)N(C)C2CCOC2)c1. The Morgan fingerprint density at radius 2 is 2.26 bits per heavy atom. The van der Waals surface area contributed by atoms with Gasteiger partial charge in [-0.05, 0) is 31.2 Å². The van der Waals surface area contributed by atoms with Crippen molar-refractivity contribution < 1.29 is 13.2 Å². The highest BCUT2D eigenvalue weighted by molar-refractivity contribution is 7.89. The van der Waals surface area contributed by atoms with Gasteiger partial charge in [-0.25, -0.2) is 8.42 Å². The number of likely N-dealkylation sites (N-methyl/N-ethyl adjacent to an activating group) is 1. The molecule has 0 aliphatic carbocycles. The van der Waals surface area contributed by atoms with E-state index in [1.807, 2.05) is 13.1 Å². The van der Waals surface area contributed by atoms with Crippen molar-refractivity contribution in [3.63, 3.8) is 0 Å². The molecule has 0 saturated carbocycles. The monoisotopic (exact) mass is 284 g/mol. The predicted octanol–water partition coefficient (Wildman–Crippen LogP) is 0.815. The van der Waals surface area contributed by atoms with Crippen LogP contribution in [0.2, 0.25) is 0 Å². The maximum atomic E-state index is 12.5. The van der Waals surface area contributed by atoms with Crippen LogP contribution >= 0.6 is 0 Å². The quantitative estimate of drug-likeness (QED) is 0.869. The van der Waals surface area contributed by atoms with E-state index in [1.54, 1.807) is 25.2 Å². The first-order valence-electron chi connectivity index (χ1n) is 6.35. The molecule has 1 aromatic rings. The van der Waals surface area contributed by atoms with Crippen LogP contribution in [0.4, 0.5) is 0 Å². The van der Waals surface area contributed by atoms with Crippen molar-refractivity contribution in [2.75, 3.05) is 27.3 Å². The number of nitrogens with one attached hydrogen (secondary N) is 1. The maximum Gasteiger partial charge on any atom is 0.243 e. The fraction of sp³-hybridized carbons (Fsp3) is 0.538. The third-order valence-corrected chi connectivity index (χ3v) is 5.28. The summed E-state index contributed by atoms with van der Waals surface area (Å²) in [5, 5.41) is 3.02. The van der Waals surface area contributed by atoms with Gasteiger partial charge in [-0.2, -0.15) is 4.31 Å². The molecule has 1 saturated heterocycles. The number of rotatable bonds is 5. The lowest BCUT2D eigenvalue weighted by molar-refractivity contribution is 0.181. The molecule has 106 valence electrons. The highest BCUT2D eigenvalue weighted by atomic mass is 32.2. The van der Waals surface area contributed by atoms with Gasteiger partial charge >= 0.3 is 0 Å². The van der Waals surface area contributed by atoms with Gasteiger partial charge in [0.1, 0.15) is 0 Å². The molecular formula is C13H20N2O3S. The second kappa shape index (κ2) is 6.00. The highest BCUT2D eigenvalue weighted by Crippen LogP contribution is 2.21. The van der Waals surface area contributed by atoms with Crippen molar-refractivity contribution in [3.05, 3.63) is 29.8 Å². The summed E-state index contributed by atoms with van der Waals surface area (Å²) < 4.78 is 31.7. The number of benzene rings is 1. The minimum absolute atomic E-state index is 0.0574. The highest BCUT2D eigenvalue weighted by Gasteiger charge is 2.30. The Morgan fingerprint density at radius 1 is 1.47 bits per heavy atom. The van der Waals surface area contributed by atoms with Crippen molar-refractivity contribution in [1.82, 2.24) is 9.62 Å². The van der Waals surface area contributed by atoms with Crippen LogP contribution in [0.5, 0.6) is 0 Å². The topological polar surface area (TPSA) is 58.6 Å². The third kappa shape index (κ3) is 3.14. The second-order valence-corrected chi connectivity index (χ2v) is 6.71. The Balaban J connectivity index is 2.25. The summed E-state index contributed by atoms with van der Waals surface area (Å²) >= 11 is 0. The third-order valence-electron chi connectivity index (χ3n) is 3.38. The Hall–Kier alpha value is -0.950. The molecule has 1 fully saturated rings. The normalized spacial score (nSPS) is 20.1. The number of hydrogen-bond acceptors (Lipinski definition) is 4. The molecule has 0 amide bonds. The van der Waals surface area contributed by atoms with Crippen molar-refractivity contribution in [2.24, 2.45) is 0 Å². The van der Waals surface area contributed by atoms with Gasteiger partial charge < -0.3 is 10.1 Å². The van der Waals surface area contributed by atoms with Gasteiger partial charge in [0.2, 0.25) is 10.0 Å². The molecule has 1 aromatic carbocycles. The van der Waals surface area contributed by atoms with Crippen LogP contribution in [0.15, 0.2) is 29.2 Å². The number of nitrogens with zero attached hydrogens (tertiary/aromatic N) is 1. The lowest BCUT2D eigenvalue weighted by atomic mass is 10.2. The lowest BCUT2D eigenvalue weighted by Gasteiger charge is -2.22. The molecular weight excluding hydrogens is 264 g/mol. The molecule has 1 atom stereocenters. The summed E-state index contributed by atoms with van der Waals surface area (Å²) in [5.41, 5.74) is 0.958. The Labute approximate surface area is 114 Å². The van der Waals surface area contributed by atoms with Gasteiger partial charge in [-0.1, -0.05) is 12.1 Å². The molecule has 1 aliphatic heterocycles. The van der Waals surface area contributed by atoms with Crippen LogP contribution < -0.4 is 5.32 Å². The molecule has 0 bridgehead atoms. The molecule has 1 N–H and O–H groups in total. The van der Waals surface area contributed by atoms with E-state index in [1.165, 1.54) is 4.31 Å². The first kappa shape index (κ1) is 14.5. The number of ether oxygens (including phenoxy) is 1. The fourth-order valence-corrected chi connectivity index (χ4v) is 3.63. The minimum atomic E-state index is -3.44. The van der Waals surface area contributed by atoms with Gasteiger partial charge in [0, 0.05) is 20.2 Å². The van der Waals surface area contributed by atoms with Crippen molar-refractivity contribution in [3.8, 4) is 0 Å². The summed E-state index contributed by atoms with van der Waals surface area (Å²) in [7, 11) is 0.0232. The van der Waals surface area contributed by atoms with Gasteiger partial charge in [0.15, 0.2) is 0 Å². The summed E-state index contributed by atoms with van der Waals surface area (Å²) in [6.07, 6.45) is 0.756. The van der Waals surface area contributed by atoms with Gasteiger partial charge in [-0.15, -0.1) is 0 Å². The summed E-state index contributed by atoms with van der Waals surface area (Å²) in [5.74, 6) is 0. The zero-order chi connectivity index (χ0) is 13.9. The molecule has 19 heavy (non-hydrogen) atoms. The average molecular weight is 284 g/mol. The average Bonchev–Trinajstić information content (AvgIpc) is 2.92. The van der Waals surface area contributed by atoms with E-state index < -0.39 is 10.0 Å². The van der Waals surface area contributed by atoms with E-state index in [0.717, 1.165) is 12.0 Å². The van der Waals surface area contributed by atoms with Crippen molar-refractivity contribution in [2.45, 2.75) is 23.9 Å². The van der Waals surface area contributed by atoms with Crippen LogP contribution in [0.3, 0.4) is 0 Å². The first-order valence-corrected chi connectivity index (χ1v) is 7.79. The molecule has 0 spiro atoms. The van der Waals surface area contributed by atoms with Crippen LogP contribution in [-0.2, 0) is 21.3 Å². The number of hydrogen-bond donors (Lipinski definition) is 1. The molecule has 5 nitrogen and oxygen atoms in total. The molecule has 1 unspecified atom stereocenters. The molecule has 1 aliphatic rings. The largest absolute Gasteiger partial charge is 0.380 e. The molecule has 1 heterocycles. The van der Waals surface area contributed by atoms with E-state index in [9.17, 15) is 8.42 Å². The zero-order valence-electron chi connectivity index (χ0n) is 11.3. The summed E-state index contributed by atoms with van der Waals surface area (Å²) in [6.45, 7) is 1.76. The van der Waals surface area contributed by atoms with Crippen LogP contribution in [0, 0.1) is 0 Å². The zero-order valence-corrected chi connectivity index (χ0v) is 12.1. The van der Waals surface area contributed by atoms with E-state index in [2.05, 4.69) is 5.32 Å². The van der Waals surface area contributed by atoms with Gasteiger partial charge in [-0.3, -0.25) is 0 Å². The standard InChI is InChI=1S/C13H20N2O3S/c1-14-9-11-4-3-5-13(8-11)19(16,17)15(2)12-6-7-18-10-12/h3-5,8,12,14H,6-7,9-10H2,1-2H3. The van der Waals surface area contributed by atoms with Crippen molar-refractivity contribution in [1.29, 1.82) is 0 Å². The molecule has 2 rings (SSSR count). The van der Waals surface area contributed by atoms with E-state index in [-0.39, 0.29) is 6.04 Å². The smallest absolute Gasteiger partial charge is 0.243 e. The van der Waals surface area contributed by atoms with Crippen LogP contribution in [-0.4, -0.2) is 46.1 Å². The molecule has 0 radical (unpaired) electrons. The minimum Gasteiger partial charge on any atom is -0.380 e. The Kier molecular flexibility index (Phi) is 4.57. The van der Waals surface area contributed by atoms with Gasteiger partial charge in [0.25, 0.3) is 0 Å². The Bertz CT molecular complexity index is 524.